The largest absolute Gasteiger partial charge is 0.476 e. The number of hydrogen-bond donors (Lipinski definition) is 2. The van der Waals surface area contributed by atoms with Gasteiger partial charge in [-0.3, -0.25) is 4.79 Å². The van der Waals surface area contributed by atoms with Gasteiger partial charge in [0.05, 0.1) is 0 Å². The molecule has 0 rings (SSSR count). The molecule has 0 aliphatic carbocycles. The highest BCUT2D eigenvalue weighted by Crippen LogP contribution is 1.87. The third-order valence-electron chi connectivity index (χ3n) is 0.746. The van der Waals surface area contributed by atoms with Crippen molar-refractivity contribution in [1.82, 2.24) is 0 Å². The van der Waals surface area contributed by atoms with E-state index in [9.17, 15) is 9.59 Å². The standard InChI is InChI=1S/C5H9NO3/c1-3(6)2-4(7)5(8)9/h3H,2,6H2,1H3,(H,8,9). The molecule has 52 valence electrons. The molecular weight excluding hydrogens is 122 g/mol. The molecule has 1 atom stereocenters. The Balaban J connectivity index is 3.65. The van der Waals surface area contributed by atoms with Crippen molar-refractivity contribution >= 4 is 11.8 Å². The van der Waals surface area contributed by atoms with Crippen molar-refractivity contribution in [2.45, 2.75) is 19.4 Å². The van der Waals surface area contributed by atoms with Gasteiger partial charge in [-0.2, -0.15) is 0 Å². The second-order valence-electron chi connectivity index (χ2n) is 1.91. The van der Waals surface area contributed by atoms with Gasteiger partial charge in [-0.15, -0.1) is 0 Å². The summed E-state index contributed by atoms with van der Waals surface area (Å²) in [5, 5.41) is 8.03. The van der Waals surface area contributed by atoms with Gasteiger partial charge >= 0.3 is 5.97 Å². The molecule has 1 unspecified atom stereocenters. The molecule has 0 aliphatic rings. The van der Waals surface area contributed by atoms with Crippen LogP contribution in [0.5, 0.6) is 0 Å². The van der Waals surface area contributed by atoms with Crippen molar-refractivity contribution in [2.24, 2.45) is 5.73 Å². The minimum Gasteiger partial charge on any atom is -0.476 e. The Labute approximate surface area is 52.7 Å². The first kappa shape index (κ1) is 8.10. The Hall–Kier alpha value is -0.900. The first-order valence-electron chi connectivity index (χ1n) is 2.55. The zero-order valence-electron chi connectivity index (χ0n) is 5.13. The number of hydrogen-bond acceptors (Lipinski definition) is 3. The van der Waals surface area contributed by atoms with E-state index in [0.29, 0.717) is 0 Å². The summed E-state index contributed by atoms with van der Waals surface area (Å²) >= 11 is 0. The van der Waals surface area contributed by atoms with Gasteiger partial charge in [0, 0.05) is 12.5 Å². The number of rotatable bonds is 3. The van der Waals surface area contributed by atoms with Crippen molar-refractivity contribution in [1.29, 1.82) is 0 Å². The van der Waals surface area contributed by atoms with Gasteiger partial charge in [0.1, 0.15) is 0 Å². The van der Waals surface area contributed by atoms with Gasteiger partial charge in [-0.05, 0) is 6.92 Å². The molecule has 0 saturated heterocycles. The lowest BCUT2D eigenvalue weighted by Crippen LogP contribution is -2.24. The van der Waals surface area contributed by atoms with E-state index in [1.54, 1.807) is 6.92 Å². The van der Waals surface area contributed by atoms with Gasteiger partial charge in [0.15, 0.2) is 0 Å². The highest BCUT2D eigenvalue weighted by Gasteiger charge is 2.12. The Morgan fingerprint density at radius 3 is 2.22 bits per heavy atom. The summed E-state index contributed by atoms with van der Waals surface area (Å²) in [4.78, 5) is 20.1. The third-order valence-corrected chi connectivity index (χ3v) is 0.746. The summed E-state index contributed by atoms with van der Waals surface area (Å²) in [7, 11) is 0. The lowest BCUT2D eigenvalue weighted by atomic mass is 10.2. The van der Waals surface area contributed by atoms with Crippen LogP contribution in [0.2, 0.25) is 0 Å². The number of Topliss-reactive ketones (excluding diaryl/α,β-unsaturated/α-hetero) is 1. The molecule has 3 N–H and O–H groups in total. The summed E-state index contributed by atoms with van der Waals surface area (Å²) in [6, 6.07) is -0.367. The number of carbonyl (C=O) groups excluding carboxylic acids is 1. The molecule has 4 nitrogen and oxygen atoms in total. The molecule has 0 heterocycles. The number of aliphatic carboxylic acids is 1. The van der Waals surface area contributed by atoms with Crippen LogP contribution in [-0.4, -0.2) is 22.9 Å². The summed E-state index contributed by atoms with van der Waals surface area (Å²) in [6.45, 7) is 1.58. The van der Waals surface area contributed by atoms with Crippen molar-refractivity contribution in [3.8, 4) is 0 Å². The van der Waals surface area contributed by atoms with Crippen LogP contribution in [0.4, 0.5) is 0 Å². The SMILES string of the molecule is CC(N)CC(=O)C(=O)O. The predicted octanol–water partition coefficient (Wildman–Crippen LogP) is -0.623. The number of carboxylic acid groups (broad SMARTS) is 1. The molecule has 4 heteroatoms. The molecule has 0 aromatic heterocycles. The van der Waals surface area contributed by atoms with Crippen LogP contribution in [0.1, 0.15) is 13.3 Å². The zero-order valence-corrected chi connectivity index (χ0v) is 5.13. The highest BCUT2D eigenvalue weighted by molar-refractivity contribution is 6.32. The van der Waals surface area contributed by atoms with E-state index in [1.165, 1.54) is 0 Å². The lowest BCUT2D eigenvalue weighted by molar-refractivity contribution is -0.149. The maximum absolute atomic E-state index is 10.3. The molecule has 0 aromatic carbocycles. The van der Waals surface area contributed by atoms with Crippen LogP contribution in [-0.2, 0) is 9.59 Å². The maximum atomic E-state index is 10.3. The molecule has 0 saturated carbocycles. The minimum absolute atomic E-state index is 0.0880. The summed E-state index contributed by atoms with van der Waals surface area (Å²) < 4.78 is 0. The molecule has 0 aromatic rings. The van der Waals surface area contributed by atoms with Crippen LogP contribution in [0.25, 0.3) is 0 Å². The number of carboxylic acids is 1. The second kappa shape index (κ2) is 3.19. The lowest BCUT2D eigenvalue weighted by Gasteiger charge is -1.97. The Morgan fingerprint density at radius 2 is 2.11 bits per heavy atom. The van der Waals surface area contributed by atoms with Gasteiger partial charge in [-0.1, -0.05) is 0 Å². The van der Waals surface area contributed by atoms with Gasteiger partial charge in [-0.25, -0.2) is 4.79 Å². The summed E-state index contributed by atoms with van der Waals surface area (Å²) in [6.07, 6.45) is -0.0880. The smallest absolute Gasteiger partial charge is 0.372 e. The molecule has 0 bridgehead atoms. The Bertz CT molecular complexity index is 130. The molecule has 0 amide bonds. The van der Waals surface area contributed by atoms with E-state index >= 15 is 0 Å². The summed E-state index contributed by atoms with van der Waals surface area (Å²) in [5.74, 6) is -2.24. The van der Waals surface area contributed by atoms with Crippen LogP contribution >= 0.6 is 0 Å². The highest BCUT2D eigenvalue weighted by atomic mass is 16.4. The minimum atomic E-state index is -1.41. The van der Waals surface area contributed by atoms with Crippen molar-refractivity contribution in [2.75, 3.05) is 0 Å². The summed E-state index contributed by atoms with van der Waals surface area (Å²) in [5.41, 5.74) is 5.15. The van der Waals surface area contributed by atoms with Crippen LogP contribution < -0.4 is 5.73 Å². The molecule has 0 aliphatic heterocycles. The van der Waals surface area contributed by atoms with E-state index in [2.05, 4.69) is 0 Å². The maximum Gasteiger partial charge on any atom is 0.372 e. The average molecular weight is 131 g/mol. The van der Waals surface area contributed by atoms with E-state index in [4.69, 9.17) is 10.8 Å². The second-order valence-corrected chi connectivity index (χ2v) is 1.91. The predicted molar refractivity (Wildman–Crippen MR) is 30.9 cm³/mol. The molecule has 0 fully saturated rings. The molecular formula is C5H9NO3. The quantitative estimate of drug-likeness (QED) is 0.500. The van der Waals surface area contributed by atoms with E-state index in [-0.39, 0.29) is 12.5 Å². The average Bonchev–Trinajstić information content (AvgIpc) is 1.63. The Morgan fingerprint density at radius 1 is 1.67 bits per heavy atom. The van der Waals surface area contributed by atoms with Crippen LogP contribution in [0.15, 0.2) is 0 Å². The monoisotopic (exact) mass is 131 g/mol. The number of carbonyl (C=O) groups is 2. The first-order chi connectivity index (χ1) is 4.04. The van der Waals surface area contributed by atoms with E-state index in [0.717, 1.165) is 0 Å². The van der Waals surface area contributed by atoms with Gasteiger partial charge < -0.3 is 10.8 Å². The fourth-order valence-corrected chi connectivity index (χ4v) is 0.380. The topological polar surface area (TPSA) is 80.4 Å². The fraction of sp³-hybridized carbons (Fsp3) is 0.600. The van der Waals surface area contributed by atoms with Crippen LogP contribution in [0, 0.1) is 0 Å². The molecule has 9 heavy (non-hydrogen) atoms. The van der Waals surface area contributed by atoms with Crippen molar-refractivity contribution in [3.05, 3.63) is 0 Å². The van der Waals surface area contributed by atoms with E-state index in [1.807, 2.05) is 0 Å². The van der Waals surface area contributed by atoms with E-state index < -0.39 is 11.8 Å². The fourth-order valence-electron chi connectivity index (χ4n) is 0.380. The number of ketones is 1. The molecule has 0 radical (unpaired) electrons. The third kappa shape index (κ3) is 3.66. The Kier molecular flexibility index (Phi) is 2.87. The zero-order chi connectivity index (χ0) is 7.44. The van der Waals surface area contributed by atoms with Gasteiger partial charge in [0.25, 0.3) is 0 Å². The first-order valence-corrected chi connectivity index (χ1v) is 2.55. The van der Waals surface area contributed by atoms with Crippen LogP contribution in [0.3, 0.4) is 0 Å². The number of nitrogens with two attached hydrogens (primary N) is 1. The van der Waals surface area contributed by atoms with Crippen molar-refractivity contribution in [3.63, 3.8) is 0 Å². The van der Waals surface area contributed by atoms with Crippen molar-refractivity contribution < 1.29 is 14.7 Å². The normalized spacial score (nSPS) is 12.7. The van der Waals surface area contributed by atoms with Gasteiger partial charge in [0.2, 0.25) is 5.78 Å². The molecule has 0 spiro atoms.